The van der Waals surface area contributed by atoms with Crippen LogP contribution in [0.3, 0.4) is 0 Å². The molecule has 0 N–H and O–H groups in total. The Morgan fingerprint density at radius 1 is 1.10 bits per heavy atom. The first-order chi connectivity index (χ1) is 4.97. The van der Waals surface area contributed by atoms with Crippen molar-refractivity contribution in [2.24, 2.45) is 0 Å². The monoisotopic (exact) mass is 137 g/mol. The molecule has 0 saturated carbocycles. The second-order valence-corrected chi connectivity index (χ2v) is 3.28. The van der Waals surface area contributed by atoms with Crippen LogP contribution in [0.4, 0.5) is 0 Å². The molecule has 2 aliphatic heterocycles. The highest BCUT2D eigenvalue weighted by molar-refractivity contribution is 5.08. The molecule has 2 heterocycles. The van der Waals surface area contributed by atoms with Gasteiger partial charge in [0.25, 0.3) is 0 Å². The van der Waals surface area contributed by atoms with Gasteiger partial charge in [-0.3, -0.25) is 0 Å². The Labute approximate surface area is 62.7 Å². The summed E-state index contributed by atoms with van der Waals surface area (Å²) in [4.78, 5) is 2.56. The summed E-state index contributed by atoms with van der Waals surface area (Å²) in [6.07, 6.45) is 9.34. The van der Waals surface area contributed by atoms with Crippen LogP contribution in [0.5, 0.6) is 0 Å². The standard InChI is InChI=1S/C9H15N/c1-2-5-9-6-4-8-10(9)7-3-1/h6H,1-5,7-8H2. The first kappa shape index (κ1) is 6.26. The highest BCUT2D eigenvalue weighted by atomic mass is 15.1. The van der Waals surface area contributed by atoms with Crippen LogP contribution in [0.2, 0.25) is 0 Å². The lowest BCUT2D eigenvalue weighted by Gasteiger charge is -2.18. The Morgan fingerprint density at radius 2 is 2.10 bits per heavy atom. The molecule has 0 atom stereocenters. The number of fused-ring (bicyclic) bond motifs is 1. The lowest BCUT2D eigenvalue weighted by molar-refractivity contribution is 0.377. The van der Waals surface area contributed by atoms with Gasteiger partial charge in [-0.2, -0.15) is 0 Å². The van der Waals surface area contributed by atoms with Crippen molar-refractivity contribution in [3.8, 4) is 0 Å². The zero-order valence-electron chi connectivity index (χ0n) is 6.47. The van der Waals surface area contributed by atoms with Crippen molar-refractivity contribution in [3.05, 3.63) is 11.8 Å². The molecule has 0 spiro atoms. The second kappa shape index (κ2) is 2.65. The van der Waals surface area contributed by atoms with Crippen LogP contribution in [-0.4, -0.2) is 18.0 Å². The van der Waals surface area contributed by atoms with E-state index in [1.807, 2.05) is 0 Å². The largest absolute Gasteiger partial charge is 0.375 e. The SMILES string of the molecule is C1=C2CCCCCN2CC1. The highest BCUT2D eigenvalue weighted by Crippen LogP contribution is 2.24. The fraction of sp³-hybridized carbons (Fsp3) is 0.778. The Balaban J connectivity index is 2.06. The fourth-order valence-electron chi connectivity index (χ4n) is 1.96. The molecule has 2 aliphatic rings. The van der Waals surface area contributed by atoms with E-state index in [0.717, 1.165) is 0 Å². The second-order valence-electron chi connectivity index (χ2n) is 3.28. The normalized spacial score (nSPS) is 25.6. The van der Waals surface area contributed by atoms with E-state index < -0.39 is 0 Å². The Bertz CT molecular complexity index is 149. The van der Waals surface area contributed by atoms with Crippen molar-refractivity contribution in [2.45, 2.75) is 32.1 Å². The van der Waals surface area contributed by atoms with Crippen LogP contribution in [0.25, 0.3) is 0 Å². The van der Waals surface area contributed by atoms with Gasteiger partial charge in [-0.1, -0.05) is 12.5 Å². The topological polar surface area (TPSA) is 3.24 Å². The summed E-state index contributed by atoms with van der Waals surface area (Å²) in [5, 5.41) is 0. The van der Waals surface area contributed by atoms with Gasteiger partial charge in [0.2, 0.25) is 0 Å². The Morgan fingerprint density at radius 3 is 3.10 bits per heavy atom. The smallest absolute Gasteiger partial charge is 0.0210 e. The quantitative estimate of drug-likeness (QED) is 0.494. The number of hydrogen-bond donors (Lipinski definition) is 0. The third-order valence-electron chi connectivity index (χ3n) is 2.55. The molecule has 10 heavy (non-hydrogen) atoms. The van der Waals surface area contributed by atoms with Gasteiger partial charge in [0.15, 0.2) is 0 Å². The molecule has 1 fully saturated rings. The molecule has 0 bridgehead atoms. The molecular weight excluding hydrogens is 122 g/mol. The van der Waals surface area contributed by atoms with E-state index >= 15 is 0 Å². The van der Waals surface area contributed by atoms with Gasteiger partial charge in [0.05, 0.1) is 0 Å². The molecule has 1 nitrogen and oxygen atoms in total. The highest BCUT2D eigenvalue weighted by Gasteiger charge is 2.15. The van der Waals surface area contributed by atoms with Crippen LogP contribution in [0.15, 0.2) is 11.8 Å². The minimum absolute atomic E-state index is 1.30. The van der Waals surface area contributed by atoms with Crippen molar-refractivity contribution < 1.29 is 0 Å². The summed E-state index contributed by atoms with van der Waals surface area (Å²) in [5.74, 6) is 0. The summed E-state index contributed by atoms with van der Waals surface area (Å²) < 4.78 is 0. The molecule has 0 aromatic heterocycles. The summed E-state index contributed by atoms with van der Waals surface area (Å²) in [6, 6.07) is 0. The summed E-state index contributed by atoms with van der Waals surface area (Å²) >= 11 is 0. The van der Waals surface area contributed by atoms with Crippen LogP contribution < -0.4 is 0 Å². The Hall–Kier alpha value is -0.460. The van der Waals surface area contributed by atoms with E-state index in [1.54, 1.807) is 5.70 Å². The number of nitrogens with zero attached hydrogens (tertiary/aromatic N) is 1. The fourth-order valence-corrected chi connectivity index (χ4v) is 1.96. The lowest BCUT2D eigenvalue weighted by atomic mass is 10.2. The third-order valence-corrected chi connectivity index (χ3v) is 2.55. The number of allylic oxidation sites excluding steroid dienone is 1. The maximum atomic E-state index is 2.56. The summed E-state index contributed by atoms with van der Waals surface area (Å²) in [6.45, 7) is 2.63. The molecule has 1 heteroatoms. The third kappa shape index (κ3) is 1.05. The van der Waals surface area contributed by atoms with Gasteiger partial charge in [-0.25, -0.2) is 0 Å². The van der Waals surface area contributed by atoms with Gasteiger partial charge >= 0.3 is 0 Å². The zero-order chi connectivity index (χ0) is 6.81. The molecule has 0 aromatic rings. The molecule has 0 amide bonds. The average molecular weight is 137 g/mol. The van der Waals surface area contributed by atoms with Gasteiger partial charge < -0.3 is 4.90 Å². The van der Waals surface area contributed by atoms with Crippen LogP contribution in [0.1, 0.15) is 32.1 Å². The first-order valence-corrected chi connectivity index (χ1v) is 4.41. The van der Waals surface area contributed by atoms with Gasteiger partial charge in [0, 0.05) is 18.8 Å². The van der Waals surface area contributed by atoms with Crippen LogP contribution in [0, 0.1) is 0 Å². The molecule has 2 rings (SSSR count). The van der Waals surface area contributed by atoms with E-state index in [0.29, 0.717) is 0 Å². The van der Waals surface area contributed by atoms with Crippen LogP contribution in [-0.2, 0) is 0 Å². The van der Waals surface area contributed by atoms with Crippen molar-refractivity contribution >= 4 is 0 Å². The molecule has 56 valence electrons. The predicted octanol–water partition coefficient (Wildman–Crippen LogP) is 2.15. The van der Waals surface area contributed by atoms with E-state index in [2.05, 4.69) is 11.0 Å². The molecule has 1 saturated heterocycles. The lowest BCUT2D eigenvalue weighted by Crippen LogP contribution is -2.18. The van der Waals surface area contributed by atoms with Crippen LogP contribution >= 0.6 is 0 Å². The summed E-state index contributed by atoms with van der Waals surface area (Å²) in [7, 11) is 0. The van der Waals surface area contributed by atoms with Crippen molar-refractivity contribution in [3.63, 3.8) is 0 Å². The zero-order valence-corrected chi connectivity index (χ0v) is 6.47. The first-order valence-electron chi connectivity index (χ1n) is 4.41. The van der Waals surface area contributed by atoms with Gasteiger partial charge in [-0.05, 0) is 25.7 Å². The Kier molecular flexibility index (Phi) is 1.66. The minimum Gasteiger partial charge on any atom is -0.375 e. The number of rotatable bonds is 0. The molecule has 0 radical (unpaired) electrons. The predicted molar refractivity (Wildman–Crippen MR) is 42.7 cm³/mol. The van der Waals surface area contributed by atoms with E-state index in [1.165, 1.54) is 45.2 Å². The summed E-state index contributed by atoms with van der Waals surface area (Å²) in [5.41, 5.74) is 1.64. The molecule has 0 unspecified atom stereocenters. The van der Waals surface area contributed by atoms with Crippen molar-refractivity contribution in [2.75, 3.05) is 13.1 Å². The van der Waals surface area contributed by atoms with Crippen molar-refractivity contribution in [1.29, 1.82) is 0 Å². The van der Waals surface area contributed by atoms with Crippen molar-refractivity contribution in [1.82, 2.24) is 4.90 Å². The van der Waals surface area contributed by atoms with Gasteiger partial charge in [-0.15, -0.1) is 0 Å². The van der Waals surface area contributed by atoms with Gasteiger partial charge in [0.1, 0.15) is 0 Å². The molecule has 0 aromatic carbocycles. The number of hydrogen-bond acceptors (Lipinski definition) is 1. The van der Waals surface area contributed by atoms with E-state index in [9.17, 15) is 0 Å². The molecular formula is C9H15N. The average Bonchev–Trinajstić information content (AvgIpc) is 2.28. The minimum atomic E-state index is 1.30. The maximum absolute atomic E-state index is 2.56. The molecule has 0 aliphatic carbocycles. The van der Waals surface area contributed by atoms with E-state index in [4.69, 9.17) is 0 Å². The van der Waals surface area contributed by atoms with E-state index in [-0.39, 0.29) is 0 Å². The maximum Gasteiger partial charge on any atom is 0.0210 e.